The van der Waals surface area contributed by atoms with E-state index < -0.39 is 4.92 Å². The van der Waals surface area contributed by atoms with Crippen molar-refractivity contribution in [3.8, 4) is 11.5 Å². The maximum atomic E-state index is 12.0. The molecule has 0 fully saturated rings. The predicted octanol–water partition coefficient (Wildman–Crippen LogP) is 3.74. The Kier molecular flexibility index (Phi) is 5.94. The summed E-state index contributed by atoms with van der Waals surface area (Å²) in [5.74, 6) is 0.502. The van der Waals surface area contributed by atoms with Crippen LogP contribution in [0.4, 0.5) is 11.4 Å². The van der Waals surface area contributed by atoms with Crippen LogP contribution in [0.25, 0.3) is 0 Å². The molecule has 2 rings (SSSR count). The molecule has 0 aliphatic rings. The molecule has 7 nitrogen and oxygen atoms in total. The van der Waals surface area contributed by atoms with E-state index in [0.717, 1.165) is 0 Å². The van der Waals surface area contributed by atoms with Crippen LogP contribution in [0.5, 0.6) is 11.5 Å². The van der Waals surface area contributed by atoms with Gasteiger partial charge in [0.15, 0.2) is 18.1 Å². The number of benzene rings is 2. The lowest BCUT2D eigenvalue weighted by molar-refractivity contribution is -0.385. The summed E-state index contributed by atoms with van der Waals surface area (Å²) in [7, 11) is 1.42. The molecular weight excluding hydrogens is 324 g/mol. The summed E-state index contributed by atoms with van der Waals surface area (Å²) in [5, 5.41) is 13.6. The zero-order valence-corrected chi connectivity index (χ0v) is 14.3. The smallest absolute Gasteiger partial charge is 0.273 e. The minimum atomic E-state index is -0.539. The Labute approximate surface area is 145 Å². The first-order chi connectivity index (χ1) is 11.9. The third-order valence-corrected chi connectivity index (χ3v) is 3.58. The van der Waals surface area contributed by atoms with Gasteiger partial charge in [0.25, 0.3) is 11.6 Å². The molecule has 0 heterocycles. The highest BCUT2D eigenvalue weighted by molar-refractivity contribution is 5.91. The van der Waals surface area contributed by atoms with Crippen LogP contribution in [-0.4, -0.2) is 24.5 Å². The van der Waals surface area contributed by atoms with Crippen LogP contribution in [0.2, 0.25) is 0 Å². The second-order valence-corrected chi connectivity index (χ2v) is 5.71. The number of nitro groups is 1. The number of carbonyl (C=O) groups excluding carboxylic acids is 1. The van der Waals surface area contributed by atoms with E-state index in [1.165, 1.54) is 30.9 Å². The number of nitrogens with one attached hydrogen (secondary N) is 1. The maximum Gasteiger partial charge on any atom is 0.273 e. The van der Waals surface area contributed by atoms with Crippen molar-refractivity contribution in [2.75, 3.05) is 19.0 Å². The highest BCUT2D eigenvalue weighted by Gasteiger charge is 2.14. The summed E-state index contributed by atoms with van der Waals surface area (Å²) in [5.41, 5.74) is 1.69. The van der Waals surface area contributed by atoms with Crippen molar-refractivity contribution in [1.82, 2.24) is 0 Å². The topological polar surface area (TPSA) is 90.7 Å². The average Bonchev–Trinajstić information content (AvgIpc) is 2.60. The number of hydrogen-bond acceptors (Lipinski definition) is 5. The van der Waals surface area contributed by atoms with Gasteiger partial charge in [-0.15, -0.1) is 0 Å². The fourth-order valence-electron chi connectivity index (χ4n) is 2.18. The number of ether oxygens (including phenoxy) is 2. The van der Waals surface area contributed by atoms with E-state index in [1.807, 2.05) is 24.3 Å². The van der Waals surface area contributed by atoms with E-state index in [0.29, 0.717) is 17.4 Å². The van der Waals surface area contributed by atoms with Crippen LogP contribution in [0, 0.1) is 10.1 Å². The molecule has 2 aromatic carbocycles. The molecule has 0 aliphatic heterocycles. The number of rotatable bonds is 7. The Bertz CT molecular complexity index is 757. The fourth-order valence-corrected chi connectivity index (χ4v) is 2.18. The lowest BCUT2D eigenvalue weighted by atomic mass is 10.0. The van der Waals surface area contributed by atoms with Gasteiger partial charge in [-0.05, 0) is 29.7 Å². The first-order valence-corrected chi connectivity index (χ1v) is 7.75. The fraction of sp³-hybridized carbons (Fsp3) is 0.278. The first kappa shape index (κ1) is 18.3. The molecule has 7 heteroatoms. The van der Waals surface area contributed by atoms with Crippen molar-refractivity contribution in [3.05, 3.63) is 58.1 Å². The number of carbonyl (C=O) groups is 1. The van der Waals surface area contributed by atoms with E-state index in [4.69, 9.17) is 9.47 Å². The van der Waals surface area contributed by atoms with E-state index in [-0.39, 0.29) is 24.0 Å². The standard InChI is InChI=1S/C18H20N2O5/c1-12(2)13-4-6-14(7-5-13)19-18(21)11-25-17-10-15(20(22)23)8-9-16(17)24-3/h4-10,12H,11H2,1-3H3,(H,19,21). The van der Waals surface area contributed by atoms with Gasteiger partial charge in [-0.3, -0.25) is 14.9 Å². The van der Waals surface area contributed by atoms with Gasteiger partial charge < -0.3 is 14.8 Å². The minimum Gasteiger partial charge on any atom is -0.493 e. The SMILES string of the molecule is COc1ccc([N+](=O)[O-])cc1OCC(=O)Nc1ccc(C(C)C)cc1. The van der Waals surface area contributed by atoms with Crippen LogP contribution in [0.1, 0.15) is 25.3 Å². The van der Waals surface area contributed by atoms with E-state index in [1.54, 1.807) is 0 Å². The van der Waals surface area contributed by atoms with E-state index in [9.17, 15) is 14.9 Å². The van der Waals surface area contributed by atoms with Crippen LogP contribution < -0.4 is 14.8 Å². The minimum absolute atomic E-state index is 0.138. The third-order valence-electron chi connectivity index (χ3n) is 3.58. The highest BCUT2D eigenvalue weighted by Crippen LogP contribution is 2.31. The van der Waals surface area contributed by atoms with Gasteiger partial charge in [-0.1, -0.05) is 26.0 Å². The monoisotopic (exact) mass is 344 g/mol. The van der Waals surface area contributed by atoms with Crippen molar-refractivity contribution >= 4 is 17.3 Å². The molecule has 1 amide bonds. The number of amides is 1. The van der Waals surface area contributed by atoms with Crippen molar-refractivity contribution in [2.24, 2.45) is 0 Å². The number of hydrogen-bond donors (Lipinski definition) is 1. The molecule has 0 aliphatic carbocycles. The molecular formula is C18H20N2O5. The Hall–Kier alpha value is -3.09. The molecule has 0 aromatic heterocycles. The molecule has 0 unspecified atom stereocenters. The van der Waals surface area contributed by atoms with Crippen LogP contribution in [-0.2, 0) is 4.79 Å². The Morgan fingerprint density at radius 1 is 1.16 bits per heavy atom. The van der Waals surface area contributed by atoms with Crippen LogP contribution >= 0.6 is 0 Å². The molecule has 2 aromatic rings. The van der Waals surface area contributed by atoms with Crippen molar-refractivity contribution < 1.29 is 19.2 Å². The van der Waals surface area contributed by atoms with Crippen LogP contribution in [0.15, 0.2) is 42.5 Å². The van der Waals surface area contributed by atoms with Gasteiger partial charge in [0.05, 0.1) is 18.1 Å². The lowest BCUT2D eigenvalue weighted by Crippen LogP contribution is -2.20. The molecule has 0 spiro atoms. The second kappa shape index (κ2) is 8.14. The summed E-state index contributed by atoms with van der Waals surface area (Å²) in [4.78, 5) is 22.3. The summed E-state index contributed by atoms with van der Waals surface area (Å²) in [6, 6.07) is 11.5. The highest BCUT2D eigenvalue weighted by atomic mass is 16.6. The van der Waals surface area contributed by atoms with Crippen molar-refractivity contribution in [2.45, 2.75) is 19.8 Å². The van der Waals surface area contributed by atoms with Gasteiger partial charge in [-0.2, -0.15) is 0 Å². The molecule has 0 atom stereocenters. The number of non-ortho nitro benzene ring substituents is 1. The molecule has 0 bridgehead atoms. The normalized spacial score (nSPS) is 10.4. The summed E-state index contributed by atoms with van der Waals surface area (Å²) in [6.45, 7) is 3.89. The van der Waals surface area contributed by atoms with Gasteiger partial charge in [0.1, 0.15) is 0 Å². The number of anilines is 1. The summed E-state index contributed by atoms with van der Waals surface area (Å²) >= 11 is 0. The quantitative estimate of drug-likeness (QED) is 0.610. The van der Waals surface area contributed by atoms with Crippen LogP contribution in [0.3, 0.4) is 0 Å². The second-order valence-electron chi connectivity index (χ2n) is 5.71. The Morgan fingerprint density at radius 2 is 1.84 bits per heavy atom. The zero-order valence-electron chi connectivity index (χ0n) is 14.3. The lowest BCUT2D eigenvalue weighted by Gasteiger charge is -2.11. The van der Waals surface area contributed by atoms with Gasteiger partial charge in [0, 0.05) is 11.8 Å². The first-order valence-electron chi connectivity index (χ1n) is 7.75. The Morgan fingerprint density at radius 3 is 2.40 bits per heavy atom. The predicted molar refractivity (Wildman–Crippen MR) is 94.3 cm³/mol. The van der Waals surface area contributed by atoms with Gasteiger partial charge >= 0.3 is 0 Å². The zero-order chi connectivity index (χ0) is 18.4. The summed E-state index contributed by atoms with van der Waals surface area (Å²) in [6.07, 6.45) is 0. The van der Waals surface area contributed by atoms with E-state index >= 15 is 0 Å². The molecule has 0 saturated heterocycles. The number of methoxy groups -OCH3 is 1. The largest absolute Gasteiger partial charge is 0.493 e. The number of nitrogens with zero attached hydrogens (tertiary/aromatic N) is 1. The Balaban J connectivity index is 1.99. The maximum absolute atomic E-state index is 12.0. The third kappa shape index (κ3) is 4.94. The molecule has 0 radical (unpaired) electrons. The van der Waals surface area contributed by atoms with Crippen molar-refractivity contribution in [1.29, 1.82) is 0 Å². The number of nitro benzene ring substituents is 1. The molecule has 25 heavy (non-hydrogen) atoms. The van der Waals surface area contributed by atoms with Gasteiger partial charge in [-0.25, -0.2) is 0 Å². The van der Waals surface area contributed by atoms with Gasteiger partial charge in [0.2, 0.25) is 0 Å². The molecule has 1 N–H and O–H groups in total. The average molecular weight is 344 g/mol. The van der Waals surface area contributed by atoms with E-state index in [2.05, 4.69) is 19.2 Å². The summed E-state index contributed by atoms with van der Waals surface area (Å²) < 4.78 is 10.5. The van der Waals surface area contributed by atoms with Crippen molar-refractivity contribution in [3.63, 3.8) is 0 Å². The molecule has 0 saturated carbocycles. The molecule has 132 valence electrons.